The molecule has 1 aliphatic rings. The molecule has 0 amide bonds. The highest BCUT2D eigenvalue weighted by Gasteiger charge is 2.45. The van der Waals surface area contributed by atoms with Crippen molar-refractivity contribution in [2.24, 2.45) is 0 Å². The van der Waals surface area contributed by atoms with Gasteiger partial charge in [-0.3, -0.25) is 4.57 Å². The van der Waals surface area contributed by atoms with Gasteiger partial charge >= 0.3 is 5.69 Å². The van der Waals surface area contributed by atoms with E-state index >= 15 is 0 Å². The second-order valence-electron chi connectivity index (χ2n) is 3.98. The fraction of sp³-hybridized carbons (Fsp3) is 0.600. The Balaban J connectivity index is 2.35. The van der Waals surface area contributed by atoms with Crippen molar-refractivity contribution in [3.8, 4) is 0 Å². The summed E-state index contributed by atoms with van der Waals surface area (Å²) in [6.07, 6.45) is -2.01. The van der Waals surface area contributed by atoms with Crippen LogP contribution < -0.4 is 11.4 Å². The van der Waals surface area contributed by atoms with E-state index < -0.39 is 30.2 Å². The average molecular weight is 257 g/mol. The van der Waals surface area contributed by atoms with Gasteiger partial charge in [0.15, 0.2) is 6.23 Å². The number of rotatable bonds is 3. The molecule has 0 aliphatic carbocycles. The Morgan fingerprint density at radius 3 is 2.94 bits per heavy atom. The summed E-state index contributed by atoms with van der Waals surface area (Å²) in [5, 5.41) is 18.9. The van der Waals surface area contributed by atoms with E-state index in [1.165, 1.54) is 23.9 Å². The van der Waals surface area contributed by atoms with Crippen LogP contribution in [-0.2, 0) is 9.47 Å². The summed E-state index contributed by atoms with van der Waals surface area (Å²) in [5.41, 5.74) is 4.78. The highest BCUT2D eigenvalue weighted by molar-refractivity contribution is 5.23. The SMILES string of the molecule is COC1C(O)C(CO)OC1n1ccc(N)nc1=O. The van der Waals surface area contributed by atoms with Crippen molar-refractivity contribution >= 4 is 5.82 Å². The standard InChI is InChI=1S/C10H15N3O5/c1-17-8-7(15)5(4-14)18-9(8)13-3-2-6(11)12-10(13)16/h2-3,5,7-9,14-15H,4H2,1H3,(H2,11,12,16). The van der Waals surface area contributed by atoms with Crippen LogP contribution in [0.4, 0.5) is 5.82 Å². The number of nitrogens with two attached hydrogens (primary N) is 1. The Kier molecular flexibility index (Phi) is 3.62. The van der Waals surface area contributed by atoms with Gasteiger partial charge in [-0.1, -0.05) is 0 Å². The molecule has 0 radical (unpaired) electrons. The number of aromatic nitrogens is 2. The molecule has 4 unspecified atom stereocenters. The molecule has 18 heavy (non-hydrogen) atoms. The zero-order chi connectivity index (χ0) is 13.3. The number of ether oxygens (including phenoxy) is 2. The van der Waals surface area contributed by atoms with E-state index in [1.54, 1.807) is 0 Å². The van der Waals surface area contributed by atoms with Crippen molar-refractivity contribution < 1.29 is 19.7 Å². The number of hydrogen-bond acceptors (Lipinski definition) is 7. The lowest BCUT2D eigenvalue weighted by atomic mass is 10.1. The first kappa shape index (κ1) is 13.0. The van der Waals surface area contributed by atoms with Gasteiger partial charge in [-0.2, -0.15) is 4.98 Å². The Morgan fingerprint density at radius 2 is 2.39 bits per heavy atom. The minimum atomic E-state index is -1.02. The Labute approximate surface area is 103 Å². The quantitative estimate of drug-likeness (QED) is 0.578. The molecule has 1 aromatic rings. The third-order valence-corrected chi connectivity index (χ3v) is 2.89. The fourth-order valence-corrected chi connectivity index (χ4v) is 1.97. The summed E-state index contributed by atoms with van der Waals surface area (Å²) in [7, 11) is 1.39. The van der Waals surface area contributed by atoms with Gasteiger partial charge in [0.05, 0.1) is 6.61 Å². The van der Waals surface area contributed by atoms with Crippen LogP contribution in [0.2, 0.25) is 0 Å². The molecule has 1 saturated heterocycles. The molecule has 4 N–H and O–H groups in total. The number of methoxy groups -OCH3 is 1. The van der Waals surface area contributed by atoms with Gasteiger partial charge < -0.3 is 25.4 Å². The summed E-state index contributed by atoms with van der Waals surface area (Å²) in [6.45, 7) is -0.366. The number of nitrogen functional groups attached to an aromatic ring is 1. The molecule has 8 heteroatoms. The highest BCUT2D eigenvalue weighted by atomic mass is 16.6. The number of hydrogen-bond donors (Lipinski definition) is 3. The summed E-state index contributed by atoms with van der Waals surface area (Å²) < 4.78 is 11.7. The number of anilines is 1. The maximum Gasteiger partial charge on any atom is 0.351 e. The van der Waals surface area contributed by atoms with Crippen molar-refractivity contribution in [3.05, 3.63) is 22.7 Å². The topological polar surface area (TPSA) is 120 Å². The van der Waals surface area contributed by atoms with Gasteiger partial charge in [-0.15, -0.1) is 0 Å². The highest BCUT2D eigenvalue weighted by Crippen LogP contribution is 2.30. The largest absolute Gasteiger partial charge is 0.394 e. The molecule has 2 heterocycles. The van der Waals surface area contributed by atoms with E-state index in [1.807, 2.05) is 0 Å². The third kappa shape index (κ3) is 2.10. The lowest BCUT2D eigenvalue weighted by Crippen LogP contribution is -2.37. The molecule has 8 nitrogen and oxygen atoms in total. The van der Waals surface area contributed by atoms with E-state index in [2.05, 4.69) is 4.98 Å². The molecule has 0 saturated carbocycles. The van der Waals surface area contributed by atoms with E-state index in [-0.39, 0.29) is 12.4 Å². The molecular weight excluding hydrogens is 242 g/mol. The van der Waals surface area contributed by atoms with E-state index in [4.69, 9.17) is 20.3 Å². The summed E-state index contributed by atoms with van der Waals surface area (Å²) in [6, 6.07) is 1.44. The first-order valence-corrected chi connectivity index (χ1v) is 5.40. The molecule has 1 aromatic heterocycles. The third-order valence-electron chi connectivity index (χ3n) is 2.89. The zero-order valence-corrected chi connectivity index (χ0v) is 9.76. The van der Waals surface area contributed by atoms with Crippen LogP contribution in [0.5, 0.6) is 0 Å². The van der Waals surface area contributed by atoms with Crippen molar-refractivity contribution in [2.45, 2.75) is 24.5 Å². The fourth-order valence-electron chi connectivity index (χ4n) is 1.97. The van der Waals surface area contributed by atoms with Crippen LogP contribution in [0.15, 0.2) is 17.1 Å². The predicted octanol–water partition coefficient (Wildman–Crippen LogP) is -1.91. The van der Waals surface area contributed by atoms with Crippen molar-refractivity contribution in [1.29, 1.82) is 0 Å². The predicted molar refractivity (Wildman–Crippen MR) is 60.7 cm³/mol. The second kappa shape index (κ2) is 5.02. The molecular formula is C10H15N3O5. The molecule has 1 fully saturated rings. The van der Waals surface area contributed by atoms with Gasteiger partial charge in [0.2, 0.25) is 0 Å². The summed E-state index contributed by atoms with van der Waals surface area (Å²) in [5.74, 6) is 0.0995. The van der Waals surface area contributed by atoms with Gasteiger partial charge in [0, 0.05) is 13.3 Å². The molecule has 0 spiro atoms. The number of aliphatic hydroxyl groups is 2. The monoisotopic (exact) mass is 257 g/mol. The Morgan fingerprint density at radius 1 is 1.67 bits per heavy atom. The first-order chi connectivity index (χ1) is 8.58. The molecule has 2 rings (SSSR count). The molecule has 1 aliphatic heterocycles. The van der Waals surface area contributed by atoms with Gasteiger partial charge in [0.25, 0.3) is 0 Å². The van der Waals surface area contributed by atoms with Crippen molar-refractivity contribution in [1.82, 2.24) is 9.55 Å². The van der Waals surface area contributed by atoms with E-state index in [0.29, 0.717) is 0 Å². The Bertz CT molecular complexity index is 477. The van der Waals surface area contributed by atoms with Gasteiger partial charge in [-0.05, 0) is 6.07 Å². The van der Waals surface area contributed by atoms with E-state index in [9.17, 15) is 9.90 Å². The van der Waals surface area contributed by atoms with Crippen LogP contribution in [0.3, 0.4) is 0 Å². The second-order valence-corrected chi connectivity index (χ2v) is 3.98. The van der Waals surface area contributed by atoms with Crippen LogP contribution in [0.1, 0.15) is 6.23 Å². The Hall–Kier alpha value is -1.48. The van der Waals surface area contributed by atoms with E-state index in [0.717, 1.165) is 0 Å². The minimum Gasteiger partial charge on any atom is -0.394 e. The first-order valence-electron chi connectivity index (χ1n) is 5.40. The molecule has 0 aromatic carbocycles. The lowest BCUT2D eigenvalue weighted by Gasteiger charge is -2.20. The lowest BCUT2D eigenvalue weighted by molar-refractivity contribution is -0.0624. The molecule has 100 valence electrons. The van der Waals surface area contributed by atoms with Crippen LogP contribution >= 0.6 is 0 Å². The molecule has 4 atom stereocenters. The van der Waals surface area contributed by atoms with Gasteiger partial charge in [-0.25, -0.2) is 4.79 Å². The zero-order valence-electron chi connectivity index (χ0n) is 9.76. The van der Waals surface area contributed by atoms with Gasteiger partial charge in [0.1, 0.15) is 24.1 Å². The normalized spacial score (nSPS) is 31.7. The smallest absolute Gasteiger partial charge is 0.351 e. The number of aliphatic hydroxyl groups excluding tert-OH is 2. The average Bonchev–Trinajstić information content (AvgIpc) is 2.65. The molecule has 0 bridgehead atoms. The van der Waals surface area contributed by atoms with Crippen molar-refractivity contribution in [3.63, 3.8) is 0 Å². The maximum atomic E-state index is 11.7. The van der Waals surface area contributed by atoms with Crippen LogP contribution in [0.25, 0.3) is 0 Å². The minimum absolute atomic E-state index is 0.0995. The van der Waals surface area contributed by atoms with Crippen LogP contribution in [-0.4, -0.2) is 51.8 Å². The van der Waals surface area contributed by atoms with Crippen LogP contribution in [0, 0.1) is 0 Å². The number of nitrogens with zero attached hydrogens (tertiary/aromatic N) is 2. The van der Waals surface area contributed by atoms with Crippen molar-refractivity contribution in [2.75, 3.05) is 19.5 Å². The summed E-state index contributed by atoms with van der Waals surface area (Å²) in [4.78, 5) is 15.3. The maximum absolute atomic E-state index is 11.7. The summed E-state index contributed by atoms with van der Waals surface area (Å²) >= 11 is 0.